The zero-order valence-electron chi connectivity index (χ0n) is 13.1. The number of hydrogen-bond acceptors (Lipinski definition) is 6. The molecule has 1 heterocycles. The molecule has 5 N–H and O–H groups in total. The molecule has 7 nitrogen and oxygen atoms in total. The van der Waals surface area contributed by atoms with Gasteiger partial charge in [0, 0.05) is 18.7 Å². The number of likely N-dealkylation sites (N-methyl/N-ethyl adjacent to an activating group) is 1. The van der Waals surface area contributed by atoms with Gasteiger partial charge in [0.15, 0.2) is 0 Å². The summed E-state index contributed by atoms with van der Waals surface area (Å²) in [5.74, 6) is -0.331. The monoisotopic (exact) mass is 324 g/mol. The molecular formula is C16H24N2O5. The second-order valence-electron chi connectivity index (χ2n) is 5.85. The highest BCUT2D eigenvalue weighted by Crippen LogP contribution is 2.28. The fraction of sp³-hybridized carbons (Fsp3) is 0.562. The lowest BCUT2D eigenvalue weighted by molar-refractivity contribution is -0.184. The smallest absolute Gasteiger partial charge is 0.251 e. The number of amides is 1. The van der Waals surface area contributed by atoms with Crippen molar-refractivity contribution in [2.75, 3.05) is 26.2 Å². The molecule has 0 aromatic heterocycles. The standard InChI is InChI=1S/C16H24N2O5/c1-2-18-8-12(20)13(21)14(22)16(18,10-19)9-17-15(23)11-6-4-3-5-7-11/h3-7,12-14,19-22H,2,8-10H2,1H3,(H,17,23). The van der Waals surface area contributed by atoms with Crippen molar-refractivity contribution in [3.05, 3.63) is 35.9 Å². The molecule has 0 aliphatic carbocycles. The summed E-state index contributed by atoms with van der Waals surface area (Å²) in [6, 6.07) is 8.60. The molecule has 1 aromatic carbocycles. The first kappa shape index (κ1) is 17.8. The van der Waals surface area contributed by atoms with E-state index >= 15 is 0 Å². The van der Waals surface area contributed by atoms with E-state index in [1.54, 1.807) is 35.2 Å². The van der Waals surface area contributed by atoms with Crippen LogP contribution in [0.3, 0.4) is 0 Å². The van der Waals surface area contributed by atoms with Gasteiger partial charge in [-0.25, -0.2) is 0 Å². The Morgan fingerprint density at radius 1 is 1.30 bits per heavy atom. The number of aliphatic hydroxyl groups excluding tert-OH is 4. The Labute approximate surface area is 135 Å². The fourth-order valence-electron chi connectivity index (χ4n) is 3.07. The van der Waals surface area contributed by atoms with Crippen molar-refractivity contribution in [3.63, 3.8) is 0 Å². The zero-order valence-corrected chi connectivity index (χ0v) is 13.1. The Morgan fingerprint density at radius 2 is 1.96 bits per heavy atom. The van der Waals surface area contributed by atoms with E-state index in [2.05, 4.69) is 5.32 Å². The Hall–Kier alpha value is -1.51. The fourth-order valence-corrected chi connectivity index (χ4v) is 3.07. The number of carbonyl (C=O) groups is 1. The van der Waals surface area contributed by atoms with Gasteiger partial charge in [-0.2, -0.15) is 0 Å². The van der Waals surface area contributed by atoms with Crippen molar-refractivity contribution in [2.24, 2.45) is 0 Å². The molecule has 1 aliphatic rings. The van der Waals surface area contributed by atoms with E-state index in [-0.39, 0.29) is 19.0 Å². The molecule has 0 saturated carbocycles. The number of benzene rings is 1. The molecule has 0 radical (unpaired) electrons. The Bertz CT molecular complexity index is 522. The minimum Gasteiger partial charge on any atom is -0.394 e. The molecule has 1 saturated heterocycles. The average molecular weight is 324 g/mol. The van der Waals surface area contributed by atoms with Crippen LogP contribution in [0.1, 0.15) is 17.3 Å². The molecule has 1 fully saturated rings. The van der Waals surface area contributed by atoms with Crippen molar-refractivity contribution in [3.8, 4) is 0 Å². The Morgan fingerprint density at radius 3 is 2.52 bits per heavy atom. The average Bonchev–Trinajstić information content (AvgIpc) is 2.59. The number of piperidine rings is 1. The quantitative estimate of drug-likeness (QED) is 0.454. The lowest BCUT2D eigenvalue weighted by Gasteiger charge is -2.52. The van der Waals surface area contributed by atoms with Crippen LogP contribution in [0.15, 0.2) is 30.3 Å². The zero-order chi connectivity index (χ0) is 17.0. The summed E-state index contributed by atoms with van der Waals surface area (Å²) in [5, 5.41) is 42.7. The number of nitrogens with one attached hydrogen (secondary N) is 1. The molecule has 0 spiro atoms. The normalized spacial score (nSPS) is 31.8. The molecule has 4 atom stereocenters. The highest BCUT2D eigenvalue weighted by atomic mass is 16.4. The van der Waals surface area contributed by atoms with Crippen LogP contribution in [0.5, 0.6) is 0 Å². The van der Waals surface area contributed by atoms with E-state index in [1.165, 1.54) is 0 Å². The second-order valence-corrected chi connectivity index (χ2v) is 5.85. The van der Waals surface area contributed by atoms with E-state index in [1.807, 2.05) is 6.92 Å². The van der Waals surface area contributed by atoms with E-state index in [0.717, 1.165) is 0 Å². The SMILES string of the molecule is CCN1CC(O)C(O)C(O)C1(CO)CNC(=O)c1ccccc1. The maximum absolute atomic E-state index is 12.2. The molecule has 2 rings (SSSR count). The third-order valence-electron chi connectivity index (χ3n) is 4.55. The predicted octanol–water partition coefficient (Wildman–Crippen LogP) is -1.43. The minimum atomic E-state index is -1.38. The van der Waals surface area contributed by atoms with E-state index < -0.39 is 30.5 Å². The first-order valence-electron chi connectivity index (χ1n) is 7.69. The maximum Gasteiger partial charge on any atom is 0.251 e. The van der Waals surface area contributed by atoms with Crippen LogP contribution < -0.4 is 5.32 Å². The van der Waals surface area contributed by atoms with Gasteiger partial charge >= 0.3 is 0 Å². The molecule has 1 aromatic rings. The summed E-state index contributed by atoms with van der Waals surface area (Å²) in [7, 11) is 0. The number of likely N-dealkylation sites (tertiary alicyclic amines) is 1. The van der Waals surface area contributed by atoms with Crippen LogP contribution in [0, 0.1) is 0 Å². The van der Waals surface area contributed by atoms with Crippen molar-refractivity contribution in [2.45, 2.75) is 30.8 Å². The van der Waals surface area contributed by atoms with E-state index in [4.69, 9.17) is 0 Å². The van der Waals surface area contributed by atoms with Crippen LogP contribution in [0.25, 0.3) is 0 Å². The van der Waals surface area contributed by atoms with E-state index in [0.29, 0.717) is 12.1 Å². The number of hydrogen-bond donors (Lipinski definition) is 5. The van der Waals surface area contributed by atoms with Gasteiger partial charge in [-0.3, -0.25) is 9.69 Å². The molecule has 7 heteroatoms. The molecule has 23 heavy (non-hydrogen) atoms. The van der Waals surface area contributed by atoms with Gasteiger partial charge in [-0.05, 0) is 18.7 Å². The lowest BCUT2D eigenvalue weighted by Crippen LogP contribution is -2.74. The highest BCUT2D eigenvalue weighted by Gasteiger charge is 2.52. The number of aliphatic hydroxyl groups is 4. The van der Waals surface area contributed by atoms with E-state index in [9.17, 15) is 25.2 Å². The molecular weight excluding hydrogens is 300 g/mol. The third-order valence-corrected chi connectivity index (χ3v) is 4.55. The van der Waals surface area contributed by atoms with Crippen LogP contribution >= 0.6 is 0 Å². The van der Waals surface area contributed by atoms with Gasteiger partial charge in [-0.1, -0.05) is 25.1 Å². The summed E-state index contributed by atoms with van der Waals surface area (Å²) in [5.41, 5.74) is -0.771. The van der Waals surface area contributed by atoms with Crippen LogP contribution in [0.4, 0.5) is 0 Å². The van der Waals surface area contributed by atoms with Crippen molar-refractivity contribution in [1.82, 2.24) is 10.2 Å². The summed E-state index contributed by atoms with van der Waals surface area (Å²) >= 11 is 0. The van der Waals surface area contributed by atoms with Crippen molar-refractivity contribution >= 4 is 5.91 Å². The second kappa shape index (κ2) is 7.37. The number of β-amino-alcohol motifs (C(OH)–C–C–N with tert-alkyl or cyclic N) is 1. The van der Waals surface area contributed by atoms with Gasteiger partial charge in [-0.15, -0.1) is 0 Å². The molecule has 4 unspecified atom stereocenters. The highest BCUT2D eigenvalue weighted by molar-refractivity contribution is 5.94. The molecule has 128 valence electrons. The summed E-state index contributed by atoms with van der Waals surface area (Å²) in [4.78, 5) is 13.9. The topological polar surface area (TPSA) is 113 Å². The van der Waals surface area contributed by atoms with Crippen molar-refractivity contribution in [1.29, 1.82) is 0 Å². The number of nitrogens with zero attached hydrogens (tertiary/aromatic N) is 1. The predicted molar refractivity (Wildman–Crippen MR) is 83.9 cm³/mol. The van der Waals surface area contributed by atoms with Crippen LogP contribution in [0.2, 0.25) is 0 Å². The Balaban J connectivity index is 2.16. The van der Waals surface area contributed by atoms with Crippen LogP contribution in [-0.4, -0.2) is 81.3 Å². The molecule has 1 aliphatic heterocycles. The van der Waals surface area contributed by atoms with Crippen molar-refractivity contribution < 1.29 is 25.2 Å². The molecule has 1 amide bonds. The first-order chi connectivity index (χ1) is 11.0. The van der Waals surface area contributed by atoms with Gasteiger partial charge in [0.1, 0.15) is 12.2 Å². The van der Waals surface area contributed by atoms with Gasteiger partial charge < -0.3 is 25.7 Å². The van der Waals surface area contributed by atoms with Gasteiger partial charge in [0.05, 0.1) is 18.2 Å². The molecule has 0 bridgehead atoms. The summed E-state index contributed by atoms with van der Waals surface area (Å²) in [6.45, 7) is 1.87. The lowest BCUT2D eigenvalue weighted by atomic mass is 9.81. The summed E-state index contributed by atoms with van der Waals surface area (Å²) < 4.78 is 0. The van der Waals surface area contributed by atoms with Crippen LogP contribution in [-0.2, 0) is 0 Å². The Kier molecular flexibility index (Phi) is 5.72. The van der Waals surface area contributed by atoms with Gasteiger partial charge in [0.2, 0.25) is 0 Å². The first-order valence-corrected chi connectivity index (χ1v) is 7.69. The number of carbonyl (C=O) groups excluding carboxylic acids is 1. The third kappa shape index (κ3) is 3.39. The maximum atomic E-state index is 12.2. The summed E-state index contributed by atoms with van der Waals surface area (Å²) in [6.07, 6.45) is -3.86. The minimum absolute atomic E-state index is 0.0456. The van der Waals surface area contributed by atoms with Gasteiger partial charge in [0.25, 0.3) is 5.91 Å². The number of rotatable bonds is 5. The largest absolute Gasteiger partial charge is 0.394 e.